The lowest BCUT2D eigenvalue weighted by molar-refractivity contribution is -0.142. The van der Waals surface area contributed by atoms with Crippen molar-refractivity contribution in [3.63, 3.8) is 0 Å². The van der Waals surface area contributed by atoms with Crippen LogP contribution in [0.5, 0.6) is 0 Å². The van der Waals surface area contributed by atoms with E-state index in [0.29, 0.717) is 6.54 Å². The van der Waals surface area contributed by atoms with Crippen LogP contribution in [-0.4, -0.2) is 40.9 Å². The third-order valence-electron chi connectivity index (χ3n) is 4.20. The van der Waals surface area contributed by atoms with Gasteiger partial charge in [-0.25, -0.2) is 0 Å². The van der Waals surface area contributed by atoms with Crippen LogP contribution in [0.4, 0.5) is 0 Å². The summed E-state index contributed by atoms with van der Waals surface area (Å²) in [6.07, 6.45) is 5.42. The Bertz CT molecular complexity index is 389. The molecule has 1 fully saturated rings. The van der Waals surface area contributed by atoms with Crippen LogP contribution in [0, 0.1) is 5.41 Å². The number of nitrogens with two attached hydrogens (primary N) is 1. The van der Waals surface area contributed by atoms with Gasteiger partial charge < -0.3 is 15.7 Å². The number of carbonyl (C=O) groups is 3. The van der Waals surface area contributed by atoms with E-state index < -0.39 is 17.3 Å². The molecule has 21 heavy (non-hydrogen) atoms. The number of carbonyl (C=O) groups excluding carboxylic acids is 2. The molecule has 6 nitrogen and oxygen atoms in total. The molecule has 120 valence electrons. The first-order valence-corrected chi connectivity index (χ1v) is 7.66. The fourth-order valence-electron chi connectivity index (χ4n) is 3.12. The molecule has 0 aliphatic heterocycles. The monoisotopic (exact) mass is 298 g/mol. The van der Waals surface area contributed by atoms with E-state index in [-0.39, 0.29) is 25.3 Å². The molecule has 1 aliphatic carbocycles. The Kier molecular flexibility index (Phi) is 6.65. The van der Waals surface area contributed by atoms with E-state index in [1.807, 2.05) is 6.92 Å². The summed E-state index contributed by atoms with van der Waals surface area (Å²) in [5.41, 5.74) is 4.76. The van der Waals surface area contributed by atoms with E-state index in [4.69, 9.17) is 10.8 Å². The molecule has 0 bridgehead atoms. The molecule has 1 aliphatic rings. The molecule has 0 spiro atoms. The maximum Gasteiger partial charge on any atom is 0.303 e. The minimum Gasteiger partial charge on any atom is -0.481 e. The molecular formula is C15H26N2O4. The first-order chi connectivity index (χ1) is 9.88. The van der Waals surface area contributed by atoms with Crippen molar-refractivity contribution in [1.29, 1.82) is 0 Å². The average Bonchev–Trinajstić information content (AvgIpc) is 2.81. The van der Waals surface area contributed by atoms with Crippen molar-refractivity contribution in [3.05, 3.63) is 0 Å². The van der Waals surface area contributed by atoms with Crippen LogP contribution in [-0.2, 0) is 14.4 Å². The number of rotatable bonds is 9. The molecule has 3 N–H and O–H groups in total. The molecule has 0 saturated heterocycles. The fourth-order valence-corrected chi connectivity index (χ4v) is 3.12. The van der Waals surface area contributed by atoms with Crippen molar-refractivity contribution in [2.24, 2.45) is 11.1 Å². The minimum absolute atomic E-state index is 0.0247. The van der Waals surface area contributed by atoms with Crippen LogP contribution in [0.1, 0.15) is 58.3 Å². The van der Waals surface area contributed by atoms with E-state index in [9.17, 15) is 14.4 Å². The second-order valence-corrected chi connectivity index (χ2v) is 6.09. The molecular weight excluding hydrogens is 272 g/mol. The lowest BCUT2D eigenvalue weighted by Crippen LogP contribution is -2.41. The number of nitrogens with zero attached hydrogens (tertiary/aromatic N) is 1. The highest BCUT2D eigenvalue weighted by atomic mass is 16.4. The number of carboxylic acid groups (broad SMARTS) is 1. The smallest absolute Gasteiger partial charge is 0.303 e. The largest absolute Gasteiger partial charge is 0.481 e. The molecule has 1 rings (SSSR count). The molecule has 0 aromatic rings. The standard InChI is InChI=1S/C15H26N2O4/c1-2-3-8-17(11-12(16)18)13(19)9-15(10-14(20)21)6-4-5-7-15/h2-11H2,1H3,(H2,16,18)(H,20,21). The van der Waals surface area contributed by atoms with Gasteiger partial charge in [-0.2, -0.15) is 0 Å². The summed E-state index contributed by atoms with van der Waals surface area (Å²) in [6.45, 7) is 2.43. The molecule has 0 aromatic carbocycles. The van der Waals surface area contributed by atoms with E-state index >= 15 is 0 Å². The Morgan fingerprint density at radius 1 is 1.19 bits per heavy atom. The molecule has 0 aromatic heterocycles. The lowest BCUT2D eigenvalue weighted by atomic mass is 9.79. The molecule has 1 saturated carbocycles. The Balaban J connectivity index is 2.72. The second kappa shape index (κ2) is 8.00. The van der Waals surface area contributed by atoms with Crippen molar-refractivity contribution >= 4 is 17.8 Å². The van der Waals surface area contributed by atoms with Gasteiger partial charge in [0.25, 0.3) is 0 Å². The normalized spacial score (nSPS) is 16.6. The van der Waals surface area contributed by atoms with Crippen molar-refractivity contribution in [1.82, 2.24) is 4.90 Å². The van der Waals surface area contributed by atoms with E-state index in [1.165, 1.54) is 4.90 Å². The van der Waals surface area contributed by atoms with Gasteiger partial charge in [0.1, 0.15) is 0 Å². The van der Waals surface area contributed by atoms with Crippen molar-refractivity contribution in [3.8, 4) is 0 Å². The number of hydrogen-bond donors (Lipinski definition) is 2. The van der Waals surface area contributed by atoms with Crippen LogP contribution >= 0.6 is 0 Å². The van der Waals surface area contributed by atoms with Gasteiger partial charge in [0.05, 0.1) is 13.0 Å². The Morgan fingerprint density at radius 2 is 1.81 bits per heavy atom. The fraction of sp³-hybridized carbons (Fsp3) is 0.800. The maximum atomic E-state index is 12.5. The van der Waals surface area contributed by atoms with E-state index in [2.05, 4.69) is 0 Å². The van der Waals surface area contributed by atoms with Crippen LogP contribution in [0.25, 0.3) is 0 Å². The van der Waals surface area contributed by atoms with Gasteiger partial charge in [-0.3, -0.25) is 14.4 Å². The van der Waals surface area contributed by atoms with Crippen LogP contribution in [0.2, 0.25) is 0 Å². The zero-order chi connectivity index (χ0) is 15.9. The van der Waals surface area contributed by atoms with Crippen LogP contribution in [0.15, 0.2) is 0 Å². The third-order valence-corrected chi connectivity index (χ3v) is 4.20. The topological polar surface area (TPSA) is 101 Å². The highest BCUT2D eigenvalue weighted by molar-refractivity contribution is 5.84. The number of primary amides is 1. The summed E-state index contributed by atoms with van der Waals surface area (Å²) in [4.78, 5) is 36.1. The predicted molar refractivity (Wildman–Crippen MR) is 78.5 cm³/mol. The van der Waals surface area contributed by atoms with Gasteiger partial charge in [-0.15, -0.1) is 0 Å². The number of aliphatic carboxylic acids is 1. The highest BCUT2D eigenvalue weighted by Gasteiger charge is 2.39. The first kappa shape index (κ1) is 17.5. The minimum atomic E-state index is -0.861. The number of unbranched alkanes of at least 4 members (excludes halogenated alkanes) is 1. The quantitative estimate of drug-likeness (QED) is 0.674. The molecule has 2 amide bonds. The van der Waals surface area contributed by atoms with Crippen molar-refractivity contribution in [2.75, 3.05) is 13.1 Å². The number of amides is 2. The van der Waals surface area contributed by atoms with E-state index in [0.717, 1.165) is 38.5 Å². The van der Waals surface area contributed by atoms with Crippen LogP contribution < -0.4 is 5.73 Å². The summed E-state index contributed by atoms with van der Waals surface area (Å²) in [5.74, 6) is -1.54. The summed E-state index contributed by atoms with van der Waals surface area (Å²) >= 11 is 0. The number of hydrogen-bond acceptors (Lipinski definition) is 3. The molecule has 0 heterocycles. The van der Waals surface area contributed by atoms with Gasteiger partial charge in [-0.1, -0.05) is 26.2 Å². The Labute approximate surface area is 125 Å². The summed E-state index contributed by atoms with van der Waals surface area (Å²) in [6, 6.07) is 0. The number of carboxylic acids is 1. The molecule has 0 radical (unpaired) electrons. The molecule has 0 unspecified atom stereocenters. The summed E-state index contributed by atoms with van der Waals surface area (Å²) in [7, 11) is 0. The maximum absolute atomic E-state index is 12.5. The zero-order valence-electron chi connectivity index (χ0n) is 12.8. The van der Waals surface area contributed by atoms with E-state index in [1.54, 1.807) is 0 Å². The zero-order valence-corrected chi connectivity index (χ0v) is 12.8. The van der Waals surface area contributed by atoms with Crippen molar-refractivity contribution < 1.29 is 19.5 Å². The van der Waals surface area contributed by atoms with Gasteiger partial charge in [-0.05, 0) is 24.7 Å². The average molecular weight is 298 g/mol. The SMILES string of the molecule is CCCCN(CC(N)=O)C(=O)CC1(CC(=O)O)CCCC1. The second-order valence-electron chi connectivity index (χ2n) is 6.09. The first-order valence-electron chi connectivity index (χ1n) is 7.66. The predicted octanol–water partition coefficient (Wildman–Crippen LogP) is 1.53. The van der Waals surface area contributed by atoms with Gasteiger partial charge in [0.15, 0.2) is 0 Å². The van der Waals surface area contributed by atoms with Crippen molar-refractivity contribution in [2.45, 2.75) is 58.3 Å². The molecule has 6 heteroatoms. The van der Waals surface area contributed by atoms with Gasteiger partial charge in [0, 0.05) is 13.0 Å². The Morgan fingerprint density at radius 3 is 2.29 bits per heavy atom. The summed E-state index contributed by atoms with van der Waals surface area (Å²) in [5, 5.41) is 9.08. The lowest BCUT2D eigenvalue weighted by Gasteiger charge is -2.30. The van der Waals surface area contributed by atoms with Crippen LogP contribution in [0.3, 0.4) is 0 Å². The Hall–Kier alpha value is -1.59. The third kappa shape index (κ3) is 5.73. The molecule has 0 atom stereocenters. The highest BCUT2D eigenvalue weighted by Crippen LogP contribution is 2.44. The summed E-state index contributed by atoms with van der Waals surface area (Å²) < 4.78 is 0. The van der Waals surface area contributed by atoms with Gasteiger partial charge >= 0.3 is 5.97 Å². The van der Waals surface area contributed by atoms with Gasteiger partial charge in [0.2, 0.25) is 11.8 Å².